The molecule has 0 amide bonds. The molecule has 0 fully saturated rings. The van der Waals surface area contributed by atoms with Crippen LogP contribution in [0.5, 0.6) is 0 Å². The van der Waals surface area contributed by atoms with Crippen LogP contribution in [0.25, 0.3) is 0 Å². The minimum atomic E-state index is 0.478. The summed E-state index contributed by atoms with van der Waals surface area (Å²) < 4.78 is 0. The van der Waals surface area contributed by atoms with E-state index in [9.17, 15) is 5.21 Å². The van der Waals surface area contributed by atoms with Crippen LogP contribution in [-0.4, -0.2) is 34.9 Å². The lowest BCUT2D eigenvalue weighted by Gasteiger charge is -2.13. The zero-order valence-corrected chi connectivity index (χ0v) is 8.48. The van der Waals surface area contributed by atoms with Crippen molar-refractivity contribution in [3.63, 3.8) is 0 Å². The first-order chi connectivity index (χ1) is 6.83. The lowest BCUT2D eigenvalue weighted by Crippen LogP contribution is -2.29. The Kier molecular flexibility index (Phi) is 5.14. The molecule has 0 aliphatic heterocycles. The summed E-state index contributed by atoms with van der Waals surface area (Å²) >= 11 is 0. The van der Waals surface area contributed by atoms with Crippen LogP contribution in [0.15, 0.2) is 24.4 Å². The predicted octanol–water partition coefficient (Wildman–Crippen LogP) is 0.882. The Morgan fingerprint density at radius 2 is 2.36 bits per heavy atom. The second-order valence-corrected chi connectivity index (χ2v) is 3.06. The lowest BCUT2D eigenvalue weighted by molar-refractivity contribution is -0.0985. The summed E-state index contributed by atoms with van der Waals surface area (Å²) in [5.74, 6) is 0. The smallest absolute Gasteiger partial charge is 0.0662 e. The molecule has 0 aromatic carbocycles. The van der Waals surface area contributed by atoms with Gasteiger partial charge in [-0.2, -0.15) is 5.06 Å². The number of hydroxylamine groups is 2. The number of rotatable bonds is 6. The van der Waals surface area contributed by atoms with Crippen LogP contribution in [0.4, 0.5) is 0 Å². The second kappa shape index (κ2) is 6.48. The van der Waals surface area contributed by atoms with Crippen molar-refractivity contribution >= 4 is 0 Å². The summed E-state index contributed by atoms with van der Waals surface area (Å²) in [7, 11) is 0. The van der Waals surface area contributed by atoms with Gasteiger partial charge in [0.05, 0.1) is 12.2 Å². The Hall–Kier alpha value is -0.970. The zero-order valence-electron chi connectivity index (χ0n) is 8.48. The van der Waals surface area contributed by atoms with Gasteiger partial charge in [0.15, 0.2) is 0 Å². The minimum absolute atomic E-state index is 0.478. The van der Waals surface area contributed by atoms with Gasteiger partial charge in [-0.25, -0.2) is 0 Å². The maximum atomic E-state index is 9.48. The molecule has 0 atom stereocenters. The molecule has 78 valence electrons. The van der Waals surface area contributed by atoms with Gasteiger partial charge in [-0.15, -0.1) is 0 Å². The molecule has 1 rings (SSSR count). The van der Waals surface area contributed by atoms with E-state index in [1.165, 1.54) is 5.06 Å². The maximum Gasteiger partial charge on any atom is 0.0662 e. The van der Waals surface area contributed by atoms with Crippen molar-refractivity contribution in [3.8, 4) is 0 Å². The van der Waals surface area contributed by atoms with Crippen molar-refractivity contribution in [1.82, 2.24) is 15.4 Å². The Morgan fingerprint density at radius 3 is 3.00 bits per heavy atom. The first-order valence-electron chi connectivity index (χ1n) is 4.87. The summed E-state index contributed by atoms with van der Waals surface area (Å²) in [6.07, 6.45) is 1.73. The molecule has 0 aliphatic rings. The fourth-order valence-electron chi connectivity index (χ4n) is 1.14. The van der Waals surface area contributed by atoms with E-state index in [2.05, 4.69) is 10.3 Å². The summed E-state index contributed by atoms with van der Waals surface area (Å²) in [4.78, 5) is 4.12. The number of aromatic nitrogens is 1. The third kappa shape index (κ3) is 4.32. The van der Waals surface area contributed by atoms with Gasteiger partial charge in [0.25, 0.3) is 0 Å². The third-order valence-corrected chi connectivity index (χ3v) is 1.87. The molecule has 0 bridgehead atoms. The van der Waals surface area contributed by atoms with Crippen molar-refractivity contribution in [2.24, 2.45) is 0 Å². The highest BCUT2D eigenvalue weighted by Gasteiger charge is 2.01. The Bertz CT molecular complexity index is 240. The third-order valence-electron chi connectivity index (χ3n) is 1.87. The molecule has 0 radical (unpaired) electrons. The van der Waals surface area contributed by atoms with Gasteiger partial charge < -0.3 is 10.5 Å². The number of hydrogen-bond donors (Lipinski definition) is 2. The highest BCUT2D eigenvalue weighted by atomic mass is 16.5. The zero-order chi connectivity index (χ0) is 10.2. The topological polar surface area (TPSA) is 48.4 Å². The van der Waals surface area contributed by atoms with Gasteiger partial charge >= 0.3 is 0 Å². The standard InChI is InChI=1S/C10H17N3O/c1-2-11-7-8-13(14)9-10-5-3-4-6-12-10/h3-6,11,14H,2,7-9H2,1H3. The van der Waals surface area contributed by atoms with E-state index in [-0.39, 0.29) is 0 Å². The summed E-state index contributed by atoms with van der Waals surface area (Å²) in [5, 5.41) is 13.9. The molecular weight excluding hydrogens is 178 g/mol. The molecule has 4 nitrogen and oxygen atoms in total. The Labute approximate surface area is 84.5 Å². The van der Waals surface area contributed by atoms with Crippen LogP contribution in [0.1, 0.15) is 12.6 Å². The van der Waals surface area contributed by atoms with E-state index in [4.69, 9.17) is 0 Å². The highest BCUT2D eigenvalue weighted by Crippen LogP contribution is 1.97. The number of nitrogens with one attached hydrogen (secondary N) is 1. The van der Waals surface area contributed by atoms with Gasteiger partial charge in [-0.1, -0.05) is 13.0 Å². The molecule has 2 N–H and O–H groups in total. The summed E-state index contributed by atoms with van der Waals surface area (Å²) in [5.41, 5.74) is 0.881. The van der Waals surface area contributed by atoms with Crippen LogP contribution in [-0.2, 0) is 6.54 Å². The van der Waals surface area contributed by atoms with Crippen molar-refractivity contribution in [3.05, 3.63) is 30.1 Å². The average Bonchev–Trinajstić information content (AvgIpc) is 2.20. The monoisotopic (exact) mass is 195 g/mol. The first kappa shape index (κ1) is 11.1. The van der Waals surface area contributed by atoms with Crippen LogP contribution in [0, 0.1) is 0 Å². The van der Waals surface area contributed by atoms with Crippen LogP contribution < -0.4 is 5.32 Å². The van der Waals surface area contributed by atoms with Crippen LogP contribution >= 0.6 is 0 Å². The van der Waals surface area contributed by atoms with Gasteiger partial charge in [-0.3, -0.25) is 4.98 Å². The highest BCUT2D eigenvalue weighted by molar-refractivity contribution is 5.02. The predicted molar refractivity (Wildman–Crippen MR) is 55.0 cm³/mol. The van der Waals surface area contributed by atoms with Crippen molar-refractivity contribution in [1.29, 1.82) is 0 Å². The van der Waals surface area contributed by atoms with Gasteiger partial charge in [0.1, 0.15) is 0 Å². The molecule has 0 unspecified atom stereocenters. The fraction of sp³-hybridized carbons (Fsp3) is 0.500. The minimum Gasteiger partial charge on any atom is -0.316 e. The molecular formula is C10H17N3O. The Balaban J connectivity index is 2.23. The fourth-order valence-corrected chi connectivity index (χ4v) is 1.14. The Morgan fingerprint density at radius 1 is 1.50 bits per heavy atom. The molecule has 0 saturated carbocycles. The van der Waals surface area contributed by atoms with Crippen LogP contribution in [0.2, 0.25) is 0 Å². The lowest BCUT2D eigenvalue weighted by atomic mass is 10.3. The molecule has 0 spiro atoms. The van der Waals surface area contributed by atoms with Gasteiger partial charge in [0, 0.05) is 19.3 Å². The van der Waals surface area contributed by atoms with Gasteiger partial charge in [-0.05, 0) is 18.7 Å². The second-order valence-electron chi connectivity index (χ2n) is 3.06. The van der Waals surface area contributed by atoms with E-state index in [1.54, 1.807) is 6.20 Å². The van der Waals surface area contributed by atoms with Crippen molar-refractivity contribution in [2.75, 3.05) is 19.6 Å². The summed E-state index contributed by atoms with van der Waals surface area (Å²) in [6.45, 7) is 4.86. The molecule has 4 heteroatoms. The number of hydrogen-bond acceptors (Lipinski definition) is 4. The largest absolute Gasteiger partial charge is 0.316 e. The van der Waals surface area contributed by atoms with Crippen molar-refractivity contribution in [2.45, 2.75) is 13.5 Å². The number of nitrogens with zero attached hydrogens (tertiary/aromatic N) is 2. The van der Waals surface area contributed by atoms with E-state index in [0.717, 1.165) is 18.8 Å². The summed E-state index contributed by atoms with van der Waals surface area (Å²) in [6, 6.07) is 5.68. The normalized spacial score (nSPS) is 10.8. The molecule has 1 aromatic heterocycles. The molecule has 1 aromatic rings. The van der Waals surface area contributed by atoms with Crippen molar-refractivity contribution < 1.29 is 5.21 Å². The molecule has 0 saturated heterocycles. The van der Waals surface area contributed by atoms with E-state index in [0.29, 0.717) is 13.1 Å². The maximum absolute atomic E-state index is 9.48. The molecule has 0 aliphatic carbocycles. The number of pyridine rings is 1. The quantitative estimate of drug-likeness (QED) is 0.522. The first-order valence-corrected chi connectivity index (χ1v) is 4.87. The van der Waals surface area contributed by atoms with Crippen LogP contribution in [0.3, 0.4) is 0 Å². The van der Waals surface area contributed by atoms with E-state index in [1.807, 2.05) is 25.1 Å². The van der Waals surface area contributed by atoms with E-state index < -0.39 is 0 Å². The average molecular weight is 195 g/mol. The molecule has 14 heavy (non-hydrogen) atoms. The van der Waals surface area contributed by atoms with E-state index >= 15 is 0 Å². The SMILES string of the molecule is CCNCCN(O)Cc1ccccn1. The molecule has 1 heterocycles. The van der Waals surface area contributed by atoms with Gasteiger partial charge in [0.2, 0.25) is 0 Å². The number of likely N-dealkylation sites (N-methyl/N-ethyl adjacent to an activating group) is 1.